The molecule has 0 radical (unpaired) electrons. The number of methoxy groups -OCH3 is 1. The largest absolute Gasteiger partial charge is 0.493 e. The van der Waals surface area contributed by atoms with Gasteiger partial charge in [0.25, 0.3) is 5.56 Å². The van der Waals surface area contributed by atoms with Gasteiger partial charge in [-0.1, -0.05) is 65.2 Å². The Morgan fingerprint density at radius 3 is 2.58 bits per heavy atom. The quantitative estimate of drug-likeness (QED) is 0.160. The van der Waals surface area contributed by atoms with Gasteiger partial charge in [0.1, 0.15) is 16.5 Å². The molecular weight excluding hydrogens is 586 g/mol. The molecule has 0 saturated carbocycles. The summed E-state index contributed by atoms with van der Waals surface area (Å²) in [5, 5.41) is 6.62. The van der Waals surface area contributed by atoms with E-state index in [9.17, 15) is 9.59 Å². The van der Waals surface area contributed by atoms with Crippen LogP contribution in [0.1, 0.15) is 89.0 Å². The fourth-order valence-corrected chi connectivity index (χ4v) is 6.26. The summed E-state index contributed by atoms with van der Waals surface area (Å²) in [6.07, 6.45) is 5.26. The minimum absolute atomic E-state index is 0.292. The number of hydrogen-bond donors (Lipinski definition) is 0. The van der Waals surface area contributed by atoms with Crippen LogP contribution in [-0.4, -0.2) is 60.8 Å². The van der Waals surface area contributed by atoms with Gasteiger partial charge in [0.15, 0.2) is 12.1 Å². The van der Waals surface area contributed by atoms with E-state index in [1.807, 2.05) is 39.0 Å². The van der Waals surface area contributed by atoms with Crippen LogP contribution in [-0.2, 0) is 4.74 Å². The Morgan fingerprint density at radius 2 is 1.93 bits per heavy atom. The molecule has 0 aliphatic carbocycles. The SMILES string of the molecule is CCCCC(CC)COc1ccc(C=O)c(-c2nc3n(c(=O)c2C)N=C(C(C)(C)C)/C3=N/c2ccc(N(CC)CCOC)s2)c1. The maximum absolute atomic E-state index is 13.8. The minimum Gasteiger partial charge on any atom is -0.493 e. The lowest BCUT2D eigenvalue weighted by atomic mass is 9.87. The van der Waals surface area contributed by atoms with Gasteiger partial charge in [-0.25, -0.2) is 9.98 Å². The Hall–Kier alpha value is -3.63. The van der Waals surface area contributed by atoms with E-state index in [0.29, 0.717) is 64.5 Å². The summed E-state index contributed by atoms with van der Waals surface area (Å²) >= 11 is 1.57. The molecule has 1 aliphatic rings. The van der Waals surface area contributed by atoms with E-state index in [1.54, 1.807) is 31.4 Å². The highest BCUT2D eigenvalue weighted by Gasteiger charge is 2.35. The second-order valence-corrected chi connectivity index (χ2v) is 13.5. The number of likely N-dealkylation sites (N-methyl/N-ethyl adjacent to an activating group) is 1. The Bertz CT molecular complexity index is 1610. The Labute approximate surface area is 271 Å². The van der Waals surface area contributed by atoms with E-state index in [1.165, 1.54) is 11.1 Å². The number of aromatic nitrogens is 2. The van der Waals surface area contributed by atoms with Crippen LogP contribution < -0.4 is 15.2 Å². The molecule has 45 heavy (non-hydrogen) atoms. The average molecular weight is 634 g/mol. The second kappa shape index (κ2) is 15.1. The lowest BCUT2D eigenvalue weighted by molar-refractivity contribution is 0.112. The zero-order valence-corrected chi connectivity index (χ0v) is 28.8. The van der Waals surface area contributed by atoms with Gasteiger partial charge in [-0.15, -0.1) is 0 Å². The van der Waals surface area contributed by atoms with Crippen LogP contribution >= 0.6 is 11.3 Å². The number of anilines is 1. The summed E-state index contributed by atoms with van der Waals surface area (Å²) in [5.74, 6) is 1.46. The molecule has 2 aromatic heterocycles. The van der Waals surface area contributed by atoms with Gasteiger partial charge in [0.05, 0.1) is 29.6 Å². The number of rotatable bonds is 15. The van der Waals surface area contributed by atoms with E-state index in [2.05, 4.69) is 31.7 Å². The summed E-state index contributed by atoms with van der Waals surface area (Å²) in [7, 11) is 1.70. The molecule has 9 nitrogen and oxygen atoms in total. The first-order chi connectivity index (χ1) is 21.6. The first-order valence-electron chi connectivity index (χ1n) is 15.9. The summed E-state index contributed by atoms with van der Waals surface area (Å²) in [5.41, 5.74) is 2.36. The maximum Gasteiger partial charge on any atom is 0.278 e. The number of ether oxygens (including phenoxy) is 2. The highest BCUT2D eigenvalue weighted by atomic mass is 32.1. The topological polar surface area (TPSA) is 98.4 Å². The molecule has 0 saturated heterocycles. The molecule has 4 rings (SSSR count). The van der Waals surface area contributed by atoms with Crippen molar-refractivity contribution in [1.29, 1.82) is 0 Å². The fourth-order valence-electron chi connectivity index (χ4n) is 5.29. The van der Waals surface area contributed by atoms with Crippen molar-refractivity contribution in [2.24, 2.45) is 21.4 Å². The number of aliphatic imine (C=N–C) groups is 1. The number of nitrogens with zero attached hydrogens (tertiary/aromatic N) is 5. The molecule has 10 heteroatoms. The van der Waals surface area contributed by atoms with Crippen LogP contribution in [0.15, 0.2) is 45.2 Å². The predicted octanol–water partition coefficient (Wildman–Crippen LogP) is 7.55. The van der Waals surface area contributed by atoms with Gasteiger partial charge in [-0.3, -0.25) is 9.59 Å². The highest BCUT2D eigenvalue weighted by molar-refractivity contribution is 7.19. The van der Waals surface area contributed by atoms with E-state index in [4.69, 9.17) is 24.6 Å². The second-order valence-electron chi connectivity index (χ2n) is 12.5. The van der Waals surface area contributed by atoms with Crippen molar-refractivity contribution in [3.63, 3.8) is 0 Å². The minimum atomic E-state index is -0.406. The fraction of sp³-hybridized carbons (Fsp3) is 0.514. The molecule has 242 valence electrons. The Kier molecular flexibility index (Phi) is 11.5. The van der Waals surface area contributed by atoms with Crippen LogP contribution in [0.25, 0.3) is 11.3 Å². The van der Waals surface area contributed by atoms with Crippen molar-refractivity contribution in [2.75, 3.05) is 38.3 Å². The smallest absolute Gasteiger partial charge is 0.278 e. The number of unbranched alkanes of at least 4 members (excludes halogenated alkanes) is 1. The van der Waals surface area contributed by atoms with E-state index in [0.717, 1.165) is 48.6 Å². The molecule has 1 aliphatic heterocycles. The maximum atomic E-state index is 13.8. The van der Waals surface area contributed by atoms with Gasteiger partial charge < -0.3 is 14.4 Å². The molecule has 3 aromatic rings. The first-order valence-corrected chi connectivity index (χ1v) is 16.8. The standard InChI is InChI=1S/C35H47N5O4S/c1-9-12-13-24(10-2)22-44-26-15-14-25(21-41)27(20-26)30-23(4)34(42)40-33(37-30)31(32(38-40)35(5,6)7)36-28-16-17-29(45-28)39(11-3)18-19-43-8/h14-17,20-21,24H,9-13,18-19,22H2,1-8H3/b36-31-. The Balaban J connectivity index is 1.79. The number of fused-ring (bicyclic) bond motifs is 1. The molecule has 1 unspecified atom stereocenters. The third-order valence-electron chi connectivity index (χ3n) is 8.13. The first kappa shape index (κ1) is 34.2. The molecule has 1 aromatic carbocycles. The summed E-state index contributed by atoms with van der Waals surface area (Å²) in [4.78, 5) is 38.3. The van der Waals surface area contributed by atoms with Crippen LogP contribution in [0.3, 0.4) is 0 Å². The number of hydrogen-bond acceptors (Lipinski definition) is 9. The van der Waals surface area contributed by atoms with E-state index >= 15 is 0 Å². The summed E-state index contributed by atoms with van der Waals surface area (Å²) < 4.78 is 12.9. The summed E-state index contributed by atoms with van der Waals surface area (Å²) in [6.45, 7) is 17.2. The van der Waals surface area contributed by atoms with Crippen LogP contribution in [0.4, 0.5) is 10.0 Å². The van der Waals surface area contributed by atoms with Gasteiger partial charge in [-0.05, 0) is 56.5 Å². The number of aldehydes is 1. The molecule has 0 amide bonds. The van der Waals surface area contributed by atoms with Gasteiger partial charge in [-0.2, -0.15) is 9.78 Å². The lowest BCUT2D eigenvalue weighted by Gasteiger charge is -2.20. The zero-order valence-electron chi connectivity index (χ0n) is 28.0. The van der Waals surface area contributed by atoms with Gasteiger partial charge in [0, 0.05) is 42.3 Å². The predicted molar refractivity (Wildman–Crippen MR) is 185 cm³/mol. The number of benzene rings is 1. The number of carbonyl (C=O) groups excluding carboxylic acids is 1. The number of thiophene rings is 1. The zero-order chi connectivity index (χ0) is 32.7. The van der Waals surface area contributed by atoms with Crippen LogP contribution in [0.5, 0.6) is 5.75 Å². The number of carbonyl (C=O) groups is 1. The van der Waals surface area contributed by atoms with Crippen LogP contribution in [0.2, 0.25) is 0 Å². The summed E-state index contributed by atoms with van der Waals surface area (Å²) in [6, 6.07) is 9.40. The molecule has 3 heterocycles. The average Bonchev–Trinajstić information content (AvgIpc) is 3.64. The third kappa shape index (κ3) is 7.79. The van der Waals surface area contributed by atoms with Crippen molar-refractivity contribution < 1.29 is 14.3 Å². The monoisotopic (exact) mass is 633 g/mol. The molecular formula is C35H47N5O4S. The van der Waals surface area contributed by atoms with Crippen molar-refractivity contribution in [3.8, 4) is 17.0 Å². The normalized spacial score (nSPS) is 14.4. The van der Waals surface area contributed by atoms with E-state index < -0.39 is 5.41 Å². The van der Waals surface area contributed by atoms with Crippen molar-refractivity contribution >= 4 is 39.0 Å². The highest BCUT2D eigenvalue weighted by Crippen LogP contribution is 2.35. The van der Waals surface area contributed by atoms with Crippen LogP contribution in [0, 0.1) is 18.3 Å². The third-order valence-corrected chi connectivity index (χ3v) is 9.17. The molecule has 0 N–H and O–H groups in total. The molecule has 0 spiro atoms. The molecule has 1 atom stereocenters. The van der Waals surface area contributed by atoms with Gasteiger partial charge >= 0.3 is 0 Å². The Morgan fingerprint density at radius 1 is 1.16 bits per heavy atom. The lowest BCUT2D eigenvalue weighted by Crippen LogP contribution is -2.28. The molecule has 0 fully saturated rings. The van der Waals surface area contributed by atoms with Crippen molar-refractivity contribution in [3.05, 3.63) is 57.6 Å². The van der Waals surface area contributed by atoms with Crippen molar-refractivity contribution in [2.45, 2.75) is 74.1 Å². The van der Waals surface area contributed by atoms with Gasteiger partial charge in [0.2, 0.25) is 0 Å². The van der Waals surface area contributed by atoms with E-state index in [-0.39, 0.29) is 5.56 Å². The molecule has 0 bridgehead atoms. The van der Waals surface area contributed by atoms with Crippen molar-refractivity contribution in [1.82, 2.24) is 9.66 Å².